The van der Waals surface area contributed by atoms with Gasteiger partial charge in [0.15, 0.2) is 23.4 Å². The number of benzene rings is 1. The monoisotopic (exact) mass is 541 g/mol. The van der Waals surface area contributed by atoms with Gasteiger partial charge in [-0.2, -0.15) is 0 Å². The van der Waals surface area contributed by atoms with E-state index < -0.39 is 18.2 Å². The maximum atomic E-state index is 13.1. The molecule has 214 valence electrons. The van der Waals surface area contributed by atoms with Gasteiger partial charge in [0.05, 0.1) is 6.04 Å². The highest BCUT2D eigenvalue weighted by atomic mass is 16.6. The molecule has 1 saturated carbocycles. The molecule has 1 aromatic carbocycles. The number of likely N-dealkylation sites (N-methyl/N-ethyl adjacent to an activating group) is 3. The largest absolute Gasteiger partial charge is 0.477 e. The van der Waals surface area contributed by atoms with Crippen LogP contribution in [-0.2, 0) is 21.4 Å². The van der Waals surface area contributed by atoms with Crippen molar-refractivity contribution < 1.29 is 23.9 Å². The van der Waals surface area contributed by atoms with Crippen LogP contribution in [0.5, 0.6) is 11.5 Å². The van der Waals surface area contributed by atoms with Gasteiger partial charge in [-0.15, -0.1) is 0 Å². The Bertz CT molecular complexity index is 1130. The van der Waals surface area contributed by atoms with E-state index in [1.54, 1.807) is 25.1 Å². The lowest BCUT2D eigenvalue weighted by Crippen LogP contribution is -2.65. The van der Waals surface area contributed by atoms with Gasteiger partial charge in [0, 0.05) is 50.6 Å². The lowest BCUT2D eigenvalue weighted by atomic mass is 9.52. The summed E-state index contributed by atoms with van der Waals surface area (Å²) in [7, 11) is 5.52. The zero-order chi connectivity index (χ0) is 27.9. The number of hydrogen-bond donors (Lipinski definition) is 2. The summed E-state index contributed by atoms with van der Waals surface area (Å²) < 4.78 is 12.3. The van der Waals surface area contributed by atoms with Gasteiger partial charge in [0.1, 0.15) is 0 Å². The number of rotatable bonds is 10. The van der Waals surface area contributed by atoms with E-state index in [2.05, 4.69) is 11.9 Å². The van der Waals surface area contributed by atoms with E-state index in [-0.39, 0.29) is 17.1 Å². The molecule has 4 N–H and O–H groups in total. The van der Waals surface area contributed by atoms with Crippen molar-refractivity contribution >= 4 is 17.8 Å². The number of ketones is 1. The minimum absolute atomic E-state index is 0.140. The van der Waals surface area contributed by atoms with E-state index in [0.29, 0.717) is 55.9 Å². The third-order valence-electron chi connectivity index (χ3n) is 9.56. The molecule has 2 aliphatic heterocycles. The zero-order valence-electron chi connectivity index (χ0n) is 23.5. The standard InChI is InChI=1S/C29H43N5O5/c1-32-14-12-29-19-9-10-22(35)26(29)39-25-23(11-8-18(24(25)29)17-21(19)32)38-28(37)34(3)16-15-33(2)27(36)20(31)7-5-4-6-13-30/h8,11,19-21,26H,4-7,9-10,12-17,30-31H2,1-3H3/t19?,20-,21?,26?,29?/m0/s1. The molecule has 2 fully saturated rings. The second kappa shape index (κ2) is 11.1. The molecule has 0 aromatic heterocycles. The smallest absolute Gasteiger partial charge is 0.415 e. The van der Waals surface area contributed by atoms with Gasteiger partial charge in [-0.05, 0) is 69.8 Å². The van der Waals surface area contributed by atoms with Gasteiger partial charge in [-0.3, -0.25) is 9.59 Å². The van der Waals surface area contributed by atoms with Gasteiger partial charge in [-0.25, -0.2) is 4.79 Å². The number of nitrogens with two attached hydrogens (primary N) is 2. The third-order valence-corrected chi connectivity index (χ3v) is 9.56. The van der Waals surface area contributed by atoms with E-state index in [1.807, 2.05) is 6.07 Å². The van der Waals surface area contributed by atoms with Crippen LogP contribution in [0.4, 0.5) is 4.79 Å². The van der Waals surface area contributed by atoms with E-state index in [4.69, 9.17) is 20.9 Å². The molecule has 10 nitrogen and oxygen atoms in total. The van der Waals surface area contributed by atoms with Gasteiger partial charge >= 0.3 is 6.09 Å². The van der Waals surface area contributed by atoms with E-state index in [0.717, 1.165) is 50.6 Å². The van der Waals surface area contributed by atoms with E-state index >= 15 is 0 Å². The quantitative estimate of drug-likeness (QED) is 0.428. The summed E-state index contributed by atoms with van der Waals surface area (Å²) in [5.41, 5.74) is 13.6. The first kappa shape index (κ1) is 27.9. The minimum Gasteiger partial charge on any atom is -0.477 e. The number of amides is 2. The fourth-order valence-electron chi connectivity index (χ4n) is 7.36. The van der Waals surface area contributed by atoms with Crippen molar-refractivity contribution in [2.75, 3.05) is 47.3 Å². The topological polar surface area (TPSA) is 131 Å². The molecule has 2 bridgehead atoms. The molecule has 5 rings (SSSR count). The number of hydrogen-bond acceptors (Lipinski definition) is 8. The number of piperidine rings is 1. The molecule has 1 saturated heterocycles. The summed E-state index contributed by atoms with van der Waals surface area (Å²) in [5, 5.41) is 0. The fraction of sp³-hybridized carbons (Fsp3) is 0.690. The molecule has 4 aliphatic rings. The van der Waals surface area contributed by atoms with Crippen molar-refractivity contribution in [3.63, 3.8) is 0 Å². The van der Waals surface area contributed by atoms with Gasteiger partial charge in [0.2, 0.25) is 5.91 Å². The molecule has 39 heavy (non-hydrogen) atoms. The molecular formula is C29H43N5O5. The van der Waals surface area contributed by atoms with Gasteiger partial charge in [0.25, 0.3) is 0 Å². The number of likely N-dealkylation sites (tertiary alicyclic amines) is 1. The Balaban J connectivity index is 1.24. The zero-order valence-corrected chi connectivity index (χ0v) is 23.5. The summed E-state index contributed by atoms with van der Waals surface area (Å²) in [6, 6.07) is 3.68. The molecule has 4 unspecified atom stereocenters. The number of ether oxygens (including phenoxy) is 2. The Hall–Kier alpha value is -2.69. The van der Waals surface area contributed by atoms with Crippen LogP contribution < -0.4 is 20.9 Å². The molecule has 10 heteroatoms. The second-order valence-electron chi connectivity index (χ2n) is 11.9. The Morgan fingerprint density at radius 3 is 2.74 bits per heavy atom. The summed E-state index contributed by atoms with van der Waals surface area (Å²) in [6.07, 6.45) is 5.52. The second-order valence-corrected chi connectivity index (χ2v) is 11.9. The Morgan fingerprint density at radius 2 is 1.97 bits per heavy atom. The first-order valence-electron chi connectivity index (χ1n) is 14.4. The van der Waals surface area contributed by atoms with Crippen LogP contribution in [0.25, 0.3) is 0 Å². The number of Topliss-reactive ketones (excluding diaryl/α,β-unsaturated/α-hetero) is 1. The van der Waals surface area contributed by atoms with E-state index in [9.17, 15) is 14.4 Å². The number of nitrogens with zero attached hydrogens (tertiary/aromatic N) is 3. The van der Waals surface area contributed by atoms with Crippen molar-refractivity contribution in [3.05, 3.63) is 23.3 Å². The predicted molar refractivity (Wildman–Crippen MR) is 147 cm³/mol. The highest BCUT2D eigenvalue weighted by Gasteiger charge is 2.65. The van der Waals surface area contributed by atoms with Crippen LogP contribution in [0.15, 0.2) is 12.1 Å². The summed E-state index contributed by atoms with van der Waals surface area (Å²) in [4.78, 5) is 44.2. The third kappa shape index (κ3) is 4.80. The minimum atomic E-state index is -0.560. The molecule has 5 atom stereocenters. The summed E-state index contributed by atoms with van der Waals surface area (Å²) in [6.45, 7) is 2.19. The average Bonchev–Trinajstić information content (AvgIpc) is 3.29. The fourth-order valence-corrected chi connectivity index (χ4v) is 7.36. The summed E-state index contributed by atoms with van der Waals surface area (Å²) in [5.74, 6) is 1.30. The van der Waals surface area contributed by atoms with Gasteiger partial charge < -0.3 is 35.6 Å². The Kier molecular flexibility index (Phi) is 7.90. The van der Waals surface area contributed by atoms with Crippen molar-refractivity contribution in [1.29, 1.82) is 0 Å². The molecule has 0 radical (unpaired) electrons. The maximum absolute atomic E-state index is 13.1. The molecular weight excluding hydrogens is 498 g/mol. The normalized spacial score (nSPS) is 27.4. The molecule has 2 heterocycles. The highest BCUT2D eigenvalue weighted by molar-refractivity contribution is 5.89. The first-order valence-corrected chi connectivity index (χ1v) is 14.4. The molecule has 1 spiro atoms. The SMILES string of the molecule is CN(CCN(C)C(=O)[C@@H](N)CCCCCN)C(=O)Oc1ccc2c3c1OC1C(=O)CCC4C(C2)N(C)CCC314. The maximum Gasteiger partial charge on any atom is 0.415 e. The number of carbonyl (C=O) groups excluding carboxylic acids is 3. The van der Waals surface area contributed by atoms with E-state index in [1.165, 1.54) is 10.5 Å². The lowest BCUT2D eigenvalue weighted by Gasteiger charge is -2.57. The van der Waals surface area contributed by atoms with Crippen LogP contribution in [0, 0.1) is 5.92 Å². The predicted octanol–water partition coefficient (Wildman–Crippen LogP) is 1.66. The van der Waals surface area contributed by atoms with Crippen molar-refractivity contribution in [1.82, 2.24) is 14.7 Å². The summed E-state index contributed by atoms with van der Waals surface area (Å²) >= 11 is 0. The molecule has 2 amide bonds. The van der Waals surface area contributed by atoms with Crippen LogP contribution in [-0.4, -0.2) is 98.0 Å². The van der Waals surface area contributed by atoms with Crippen LogP contribution in [0.2, 0.25) is 0 Å². The van der Waals surface area contributed by atoms with Crippen molar-refractivity contribution in [2.45, 2.75) is 75.0 Å². The number of unbranched alkanes of at least 4 members (excludes halogenated alkanes) is 2. The molecule has 1 aromatic rings. The van der Waals surface area contributed by atoms with Crippen LogP contribution in [0.3, 0.4) is 0 Å². The Morgan fingerprint density at radius 1 is 1.21 bits per heavy atom. The van der Waals surface area contributed by atoms with Crippen molar-refractivity contribution in [3.8, 4) is 11.5 Å². The van der Waals surface area contributed by atoms with Crippen molar-refractivity contribution in [2.24, 2.45) is 17.4 Å². The molecule has 2 aliphatic carbocycles. The number of carbonyl (C=O) groups is 3. The Labute approximate surface area is 230 Å². The highest BCUT2D eigenvalue weighted by Crippen LogP contribution is 2.63. The van der Waals surface area contributed by atoms with Crippen LogP contribution in [0.1, 0.15) is 56.1 Å². The lowest BCUT2D eigenvalue weighted by molar-refractivity contribution is -0.138. The van der Waals surface area contributed by atoms with Crippen LogP contribution >= 0.6 is 0 Å². The van der Waals surface area contributed by atoms with Gasteiger partial charge in [-0.1, -0.05) is 18.9 Å². The first-order chi connectivity index (χ1) is 18.7. The average molecular weight is 542 g/mol.